The average molecular weight is 294 g/mol. The fourth-order valence-corrected chi connectivity index (χ4v) is 2.47. The Balaban J connectivity index is 1.59. The Kier molecular flexibility index (Phi) is 6.46. The summed E-state index contributed by atoms with van der Waals surface area (Å²) in [5.41, 5.74) is 0. The topological polar surface area (TPSA) is 78.6 Å². The van der Waals surface area contributed by atoms with Gasteiger partial charge >= 0.3 is 0 Å². The standard InChI is InChI=1S/C14H26N6O/c1-12-18-13(21-19-12)6-7-16-14(15-2)17-8-11-20-9-4-3-5-10-20/h3-11H2,1-2H3,(H2,15,16,17). The summed E-state index contributed by atoms with van der Waals surface area (Å²) in [5.74, 6) is 2.15. The first-order valence-electron chi connectivity index (χ1n) is 7.74. The van der Waals surface area contributed by atoms with Crippen molar-refractivity contribution in [2.24, 2.45) is 4.99 Å². The van der Waals surface area contributed by atoms with Crippen molar-refractivity contribution in [3.63, 3.8) is 0 Å². The summed E-state index contributed by atoms with van der Waals surface area (Å²) in [6.07, 6.45) is 4.74. The summed E-state index contributed by atoms with van der Waals surface area (Å²) in [7, 11) is 1.78. The maximum absolute atomic E-state index is 5.07. The number of aromatic nitrogens is 2. The number of nitrogens with zero attached hydrogens (tertiary/aromatic N) is 4. The van der Waals surface area contributed by atoms with Gasteiger partial charge in [-0.05, 0) is 32.9 Å². The monoisotopic (exact) mass is 294 g/mol. The second-order valence-electron chi connectivity index (χ2n) is 5.31. The summed E-state index contributed by atoms with van der Waals surface area (Å²) in [6, 6.07) is 0. The van der Waals surface area contributed by atoms with Gasteiger partial charge in [-0.3, -0.25) is 4.99 Å². The van der Waals surface area contributed by atoms with Crippen LogP contribution in [0.5, 0.6) is 0 Å². The summed E-state index contributed by atoms with van der Waals surface area (Å²) in [4.78, 5) is 10.9. The third kappa shape index (κ3) is 5.71. The quantitative estimate of drug-likeness (QED) is 0.590. The fraction of sp³-hybridized carbons (Fsp3) is 0.786. The Hall–Kier alpha value is -1.63. The van der Waals surface area contributed by atoms with Gasteiger partial charge in [-0.15, -0.1) is 0 Å². The SMILES string of the molecule is CN=C(NCCc1nc(C)no1)NCCN1CCCCC1. The highest BCUT2D eigenvalue weighted by Gasteiger charge is 2.09. The molecule has 1 aliphatic rings. The second kappa shape index (κ2) is 8.61. The molecule has 2 N–H and O–H groups in total. The number of nitrogens with one attached hydrogen (secondary N) is 2. The molecule has 1 aromatic rings. The van der Waals surface area contributed by atoms with Gasteiger partial charge in [-0.25, -0.2) is 0 Å². The van der Waals surface area contributed by atoms with E-state index in [1.54, 1.807) is 7.05 Å². The van der Waals surface area contributed by atoms with Crippen LogP contribution in [0.15, 0.2) is 9.52 Å². The zero-order chi connectivity index (χ0) is 14.9. The van der Waals surface area contributed by atoms with Crippen LogP contribution in [-0.2, 0) is 6.42 Å². The number of aryl methyl sites for hydroxylation is 1. The van der Waals surface area contributed by atoms with E-state index < -0.39 is 0 Å². The number of guanidine groups is 1. The molecular formula is C14H26N6O. The van der Waals surface area contributed by atoms with Crippen molar-refractivity contribution in [1.29, 1.82) is 0 Å². The first kappa shape index (κ1) is 15.8. The highest BCUT2D eigenvalue weighted by molar-refractivity contribution is 5.79. The van der Waals surface area contributed by atoms with Gasteiger partial charge in [0.1, 0.15) is 0 Å². The summed E-state index contributed by atoms with van der Waals surface area (Å²) in [5, 5.41) is 10.4. The predicted molar refractivity (Wildman–Crippen MR) is 82.4 cm³/mol. The van der Waals surface area contributed by atoms with E-state index in [9.17, 15) is 0 Å². The van der Waals surface area contributed by atoms with Crippen LogP contribution in [0.25, 0.3) is 0 Å². The third-order valence-corrected chi connectivity index (χ3v) is 3.59. The Morgan fingerprint density at radius 1 is 1.24 bits per heavy atom. The molecule has 0 radical (unpaired) electrons. The lowest BCUT2D eigenvalue weighted by Gasteiger charge is -2.26. The minimum Gasteiger partial charge on any atom is -0.356 e. The maximum Gasteiger partial charge on any atom is 0.228 e. The molecule has 1 aliphatic heterocycles. The van der Waals surface area contributed by atoms with Gasteiger partial charge in [0, 0.05) is 33.1 Å². The molecule has 0 aromatic carbocycles. The zero-order valence-electron chi connectivity index (χ0n) is 13.1. The van der Waals surface area contributed by atoms with Gasteiger partial charge in [-0.1, -0.05) is 11.6 Å². The van der Waals surface area contributed by atoms with E-state index in [0.29, 0.717) is 18.1 Å². The molecule has 0 atom stereocenters. The smallest absolute Gasteiger partial charge is 0.228 e. The molecule has 21 heavy (non-hydrogen) atoms. The minimum absolute atomic E-state index is 0.656. The summed E-state index contributed by atoms with van der Waals surface area (Å²) >= 11 is 0. The van der Waals surface area contributed by atoms with Crippen molar-refractivity contribution in [2.45, 2.75) is 32.6 Å². The van der Waals surface area contributed by atoms with E-state index in [-0.39, 0.29) is 0 Å². The van der Waals surface area contributed by atoms with E-state index in [0.717, 1.165) is 25.6 Å². The maximum atomic E-state index is 5.07. The molecule has 2 heterocycles. The van der Waals surface area contributed by atoms with Crippen molar-refractivity contribution in [2.75, 3.05) is 39.8 Å². The minimum atomic E-state index is 0.656. The molecule has 0 aliphatic carbocycles. The molecule has 1 fully saturated rings. The van der Waals surface area contributed by atoms with Gasteiger partial charge in [0.05, 0.1) is 0 Å². The molecule has 2 rings (SSSR count). The lowest BCUT2D eigenvalue weighted by molar-refractivity contribution is 0.232. The largest absolute Gasteiger partial charge is 0.356 e. The molecule has 118 valence electrons. The van der Waals surface area contributed by atoms with Gasteiger partial charge in [0.2, 0.25) is 5.89 Å². The van der Waals surface area contributed by atoms with E-state index in [4.69, 9.17) is 4.52 Å². The Labute approximate surface area is 126 Å². The number of aliphatic imine (C=N–C) groups is 1. The second-order valence-corrected chi connectivity index (χ2v) is 5.31. The van der Waals surface area contributed by atoms with Crippen LogP contribution in [0.1, 0.15) is 31.0 Å². The number of rotatable bonds is 6. The lowest BCUT2D eigenvalue weighted by atomic mass is 10.1. The van der Waals surface area contributed by atoms with Crippen molar-refractivity contribution >= 4 is 5.96 Å². The van der Waals surface area contributed by atoms with Crippen molar-refractivity contribution in [3.8, 4) is 0 Å². The number of likely N-dealkylation sites (tertiary alicyclic amines) is 1. The van der Waals surface area contributed by atoms with Crippen LogP contribution in [0.4, 0.5) is 0 Å². The van der Waals surface area contributed by atoms with Crippen LogP contribution in [0.3, 0.4) is 0 Å². The average Bonchev–Trinajstić information content (AvgIpc) is 2.92. The van der Waals surface area contributed by atoms with Crippen molar-refractivity contribution < 1.29 is 4.52 Å². The fourth-order valence-electron chi connectivity index (χ4n) is 2.47. The van der Waals surface area contributed by atoms with E-state index >= 15 is 0 Å². The van der Waals surface area contributed by atoms with Crippen molar-refractivity contribution in [3.05, 3.63) is 11.7 Å². The molecular weight excluding hydrogens is 268 g/mol. The van der Waals surface area contributed by atoms with Gasteiger partial charge in [0.15, 0.2) is 11.8 Å². The van der Waals surface area contributed by atoms with E-state index in [1.165, 1.54) is 32.4 Å². The van der Waals surface area contributed by atoms with E-state index in [2.05, 4.69) is 30.7 Å². The van der Waals surface area contributed by atoms with Crippen LogP contribution in [0.2, 0.25) is 0 Å². The Morgan fingerprint density at radius 2 is 2.00 bits per heavy atom. The zero-order valence-corrected chi connectivity index (χ0v) is 13.1. The highest BCUT2D eigenvalue weighted by Crippen LogP contribution is 2.07. The molecule has 0 saturated carbocycles. The lowest BCUT2D eigenvalue weighted by Crippen LogP contribution is -2.43. The molecule has 0 amide bonds. The molecule has 0 bridgehead atoms. The van der Waals surface area contributed by atoms with Gasteiger partial charge in [-0.2, -0.15) is 4.98 Å². The summed E-state index contributed by atoms with van der Waals surface area (Å²) < 4.78 is 5.07. The third-order valence-electron chi connectivity index (χ3n) is 3.59. The van der Waals surface area contributed by atoms with Gasteiger partial charge in [0.25, 0.3) is 0 Å². The Bertz CT molecular complexity index is 438. The molecule has 7 heteroatoms. The number of piperidine rings is 1. The van der Waals surface area contributed by atoms with Crippen LogP contribution in [0, 0.1) is 6.92 Å². The highest BCUT2D eigenvalue weighted by atomic mass is 16.5. The van der Waals surface area contributed by atoms with Crippen LogP contribution < -0.4 is 10.6 Å². The first-order valence-corrected chi connectivity index (χ1v) is 7.74. The van der Waals surface area contributed by atoms with E-state index in [1.807, 2.05) is 6.92 Å². The summed E-state index contributed by atoms with van der Waals surface area (Å²) in [6.45, 7) is 6.99. The molecule has 1 aromatic heterocycles. The predicted octanol–water partition coefficient (Wildman–Crippen LogP) is 0.571. The van der Waals surface area contributed by atoms with Crippen molar-refractivity contribution in [1.82, 2.24) is 25.7 Å². The normalized spacial score (nSPS) is 17.0. The molecule has 1 saturated heterocycles. The Morgan fingerprint density at radius 3 is 2.67 bits per heavy atom. The number of hydrogen-bond acceptors (Lipinski definition) is 5. The molecule has 7 nitrogen and oxygen atoms in total. The molecule has 0 spiro atoms. The number of hydrogen-bond donors (Lipinski definition) is 2. The first-order chi connectivity index (χ1) is 10.3. The van der Waals surface area contributed by atoms with Crippen LogP contribution in [-0.4, -0.2) is 60.8 Å². The molecule has 0 unspecified atom stereocenters. The van der Waals surface area contributed by atoms with Gasteiger partial charge < -0.3 is 20.1 Å². The van der Waals surface area contributed by atoms with Crippen LogP contribution >= 0.6 is 0 Å².